The quantitative estimate of drug-likeness (QED) is 0.679. The van der Waals surface area contributed by atoms with Crippen LogP contribution in [0.1, 0.15) is 56.2 Å². The van der Waals surface area contributed by atoms with Crippen molar-refractivity contribution in [3.8, 4) is 5.75 Å². The number of phenolic OH excluding ortho intramolecular Hbond substituents is 1. The lowest BCUT2D eigenvalue weighted by Crippen LogP contribution is -2.48. The summed E-state index contributed by atoms with van der Waals surface area (Å²) in [4.78, 5) is 4.92. The highest BCUT2D eigenvalue weighted by Crippen LogP contribution is 2.40. The SMILES string of the molecule is CC(C)N1CCN(Cc2cc(CNC3(c4ccccc4F)CCCC3)ccc2O)CC1. The molecule has 2 aromatic rings. The number of aromatic hydroxyl groups is 1. The highest BCUT2D eigenvalue weighted by atomic mass is 19.1. The smallest absolute Gasteiger partial charge is 0.128 e. The van der Waals surface area contributed by atoms with Crippen molar-refractivity contribution in [2.75, 3.05) is 26.2 Å². The molecule has 2 aromatic carbocycles. The summed E-state index contributed by atoms with van der Waals surface area (Å²) in [6.45, 7) is 10.1. The average Bonchev–Trinajstić information content (AvgIpc) is 3.25. The fraction of sp³-hybridized carbons (Fsp3) is 0.538. The summed E-state index contributed by atoms with van der Waals surface area (Å²) in [6, 6.07) is 13.7. The van der Waals surface area contributed by atoms with Gasteiger partial charge in [-0.15, -0.1) is 0 Å². The minimum atomic E-state index is -0.295. The predicted octanol–water partition coefficient (Wildman–Crippen LogP) is 4.62. The number of nitrogens with one attached hydrogen (secondary N) is 1. The van der Waals surface area contributed by atoms with E-state index in [9.17, 15) is 9.50 Å². The van der Waals surface area contributed by atoms with Gasteiger partial charge in [0, 0.05) is 62.0 Å². The molecule has 0 spiro atoms. The van der Waals surface area contributed by atoms with Crippen molar-refractivity contribution < 1.29 is 9.50 Å². The maximum atomic E-state index is 14.6. The third-order valence-corrected chi connectivity index (χ3v) is 7.15. The van der Waals surface area contributed by atoms with Crippen LogP contribution >= 0.6 is 0 Å². The Morgan fingerprint density at radius 1 is 1.03 bits per heavy atom. The van der Waals surface area contributed by atoms with Crippen LogP contribution in [-0.4, -0.2) is 47.1 Å². The molecule has 4 nitrogen and oxygen atoms in total. The highest BCUT2D eigenvalue weighted by molar-refractivity contribution is 5.36. The molecule has 0 aromatic heterocycles. The summed E-state index contributed by atoms with van der Waals surface area (Å²) >= 11 is 0. The van der Waals surface area contributed by atoms with Crippen molar-refractivity contribution in [3.63, 3.8) is 0 Å². The van der Waals surface area contributed by atoms with E-state index in [1.165, 1.54) is 0 Å². The van der Waals surface area contributed by atoms with E-state index in [4.69, 9.17) is 0 Å². The van der Waals surface area contributed by atoms with Gasteiger partial charge in [-0.05, 0) is 50.5 Å². The molecular weight excluding hydrogens is 389 g/mol. The molecule has 2 N–H and O–H groups in total. The maximum absolute atomic E-state index is 14.6. The standard InChI is InChI=1S/C26H36FN3O/c1-20(2)30-15-13-29(14-16-30)19-22-17-21(9-10-25(22)31)18-28-26(11-5-6-12-26)23-7-3-4-8-24(23)27/h3-4,7-10,17,20,28,31H,5-6,11-16,18-19H2,1-2H3. The van der Waals surface area contributed by atoms with Crippen LogP contribution < -0.4 is 5.32 Å². The molecule has 2 fully saturated rings. The zero-order valence-corrected chi connectivity index (χ0v) is 18.9. The van der Waals surface area contributed by atoms with Crippen LogP contribution in [0.4, 0.5) is 4.39 Å². The van der Waals surface area contributed by atoms with E-state index in [1.54, 1.807) is 18.2 Å². The van der Waals surface area contributed by atoms with Gasteiger partial charge >= 0.3 is 0 Å². The Labute approximate surface area is 186 Å². The van der Waals surface area contributed by atoms with Crippen LogP contribution in [-0.2, 0) is 18.6 Å². The second kappa shape index (κ2) is 9.68. The zero-order chi connectivity index (χ0) is 21.8. The molecule has 1 saturated carbocycles. The largest absolute Gasteiger partial charge is 0.508 e. The Morgan fingerprint density at radius 2 is 1.74 bits per heavy atom. The molecule has 1 aliphatic carbocycles. The van der Waals surface area contributed by atoms with Crippen molar-refractivity contribution in [3.05, 3.63) is 65.0 Å². The summed E-state index contributed by atoms with van der Waals surface area (Å²) in [5.41, 5.74) is 2.60. The number of benzene rings is 2. The normalized spacial score (nSPS) is 19.9. The molecule has 1 aliphatic heterocycles. The van der Waals surface area contributed by atoms with Gasteiger partial charge in [0.2, 0.25) is 0 Å². The monoisotopic (exact) mass is 425 g/mol. The van der Waals surface area contributed by atoms with E-state index in [-0.39, 0.29) is 11.4 Å². The molecule has 31 heavy (non-hydrogen) atoms. The highest BCUT2D eigenvalue weighted by Gasteiger charge is 2.37. The van der Waals surface area contributed by atoms with Gasteiger partial charge in [0.05, 0.1) is 0 Å². The summed E-state index contributed by atoms with van der Waals surface area (Å²) in [7, 11) is 0. The van der Waals surface area contributed by atoms with E-state index in [0.717, 1.165) is 75.1 Å². The second-order valence-electron chi connectivity index (χ2n) is 9.49. The topological polar surface area (TPSA) is 38.7 Å². The van der Waals surface area contributed by atoms with Crippen LogP contribution in [0.2, 0.25) is 0 Å². The van der Waals surface area contributed by atoms with Crippen molar-refractivity contribution in [2.24, 2.45) is 0 Å². The molecule has 0 amide bonds. The van der Waals surface area contributed by atoms with E-state index in [1.807, 2.05) is 18.2 Å². The van der Waals surface area contributed by atoms with Gasteiger partial charge in [0.15, 0.2) is 0 Å². The zero-order valence-electron chi connectivity index (χ0n) is 18.9. The van der Waals surface area contributed by atoms with Gasteiger partial charge < -0.3 is 10.4 Å². The van der Waals surface area contributed by atoms with Gasteiger partial charge in [0.1, 0.15) is 11.6 Å². The van der Waals surface area contributed by atoms with Gasteiger partial charge in [-0.1, -0.05) is 37.1 Å². The Balaban J connectivity index is 1.43. The molecular formula is C26H36FN3O. The van der Waals surface area contributed by atoms with Crippen LogP contribution in [0.3, 0.4) is 0 Å². The van der Waals surface area contributed by atoms with Gasteiger partial charge in [-0.3, -0.25) is 9.80 Å². The number of hydrogen-bond donors (Lipinski definition) is 2. The van der Waals surface area contributed by atoms with Crippen molar-refractivity contribution in [1.82, 2.24) is 15.1 Å². The summed E-state index contributed by atoms with van der Waals surface area (Å²) < 4.78 is 14.6. The first-order chi connectivity index (χ1) is 15.0. The number of rotatable bonds is 7. The van der Waals surface area contributed by atoms with Crippen molar-refractivity contribution >= 4 is 0 Å². The Hall–Kier alpha value is -1.95. The van der Waals surface area contributed by atoms with Crippen molar-refractivity contribution in [1.29, 1.82) is 0 Å². The fourth-order valence-electron chi connectivity index (χ4n) is 5.19. The first-order valence-corrected chi connectivity index (χ1v) is 11.7. The van der Waals surface area contributed by atoms with Crippen LogP contribution in [0, 0.1) is 5.82 Å². The summed E-state index contributed by atoms with van der Waals surface area (Å²) in [5.74, 6) is 0.239. The van der Waals surface area contributed by atoms with Gasteiger partial charge in [-0.2, -0.15) is 0 Å². The van der Waals surface area contributed by atoms with Crippen molar-refractivity contribution in [2.45, 2.75) is 64.2 Å². The first-order valence-electron chi connectivity index (χ1n) is 11.7. The Morgan fingerprint density at radius 3 is 2.42 bits per heavy atom. The molecule has 0 radical (unpaired) electrons. The number of piperazine rings is 1. The molecule has 5 heteroatoms. The van der Waals surface area contributed by atoms with Gasteiger partial charge in [0.25, 0.3) is 0 Å². The van der Waals surface area contributed by atoms with E-state index >= 15 is 0 Å². The Bertz CT molecular complexity index is 871. The van der Waals surface area contributed by atoms with Crippen LogP contribution in [0.15, 0.2) is 42.5 Å². The lowest BCUT2D eigenvalue weighted by Gasteiger charge is -2.37. The number of halogens is 1. The number of hydrogen-bond acceptors (Lipinski definition) is 4. The summed E-state index contributed by atoms with van der Waals surface area (Å²) in [5, 5.41) is 14.1. The summed E-state index contributed by atoms with van der Waals surface area (Å²) in [6.07, 6.45) is 4.15. The molecule has 168 valence electrons. The molecule has 2 aliphatic rings. The molecule has 1 saturated heterocycles. The molecule has 4 rings (SSSR count). The predicted molar refractivity (Wildman–Crippen MR) is 123 cm³/mol. The third-order valence-electron chi connectivity index (χ3n) is 7.15. The average molecular weight is 426 g/mol. The lowest BCUT2D eigenvalue weighted by atomic mass is 9.87. The lowest BCUT2D eigenvalue weighted by molar-refractivity contribution is 0.103. The first kappa shape index (κ1) is 22.3. The molecule has 0 bridgehead atoms. The minimum Gasteiger partial charge on any atom is -0.508 e. The van der Waals surface area contributed by atoms with Crippen LogP contribution in [0.5, 0.6) is 5.75 Å². The van der Waals surface area contributed by atoms with Gasteiger partial charge in [-0.25, -0.2) is 4.39 Å². The molecule has 1 heterocycles. The second-order valence-corrected chi connectivity index (χ2v) is 9.49. The Kier molecular flexibility index (Phi) is 6.95. The fourth-order valence-corrected chi connectivity index (χ4v) is 5.19. The minimum absolute atomic E-state index is 0.121. The number of nitrogens with zero attached hydrogens (tertiary/aromatic N) is 2. The van der Waals surface area contributed by atoms with E-state index in [2.05, 4.69) is 35.0 Å². The maximum Gasteiger partial charge on any atom is 0.128 e. The van der Waals surface area contributed by atoms with Crippen LogP contribution in [0.25, 0.3) is 0 Å². The van der Waals surface area contributed by atoms with E-state index in [0.29, 0.717) is 18.3 Å². The molecule has 0 atom stereocenters. The van der Waals surface area contributed by atoms with E-state index < -0.39 is 0 Å². The third kappa shape index (κ3) is 5.11. The number of phenols is 1. The molecule has 0 unspecified atom stereocenters.